The Morgan fingerprint density at radius 2 is 1.68 bits per heavy atom. The maximum absolute atomic E-state index is 2.61. The monoisotopic (exact) mass is 259 g/mol. The van der Waals surface area contributed by atoms with Gasteiger partial charge in [-0.3, -0.25) is 4.90 Å². The van der Waals surface area contributed by atoms with Gasteiger partial charge in [-0.2, -0.15) is 0 Å². The second-order valence-electron chi connectivity index (χ2n) is 7.43. The molecule has 2 atom stereocenters. The molecule has 1 aliphatic rings. The molecule has 2 rings (SSSR count). The summed E-state index contributed by atoms with van der Waals surface area (Å²) in [6.07, 6.45) is 1.35. The summed E-state index contributed by atoms with van der Waals surface area (Å²) in [4.78, 5) is 2.61. The molecule has 0 unspecified atom stereocenters. The molecular formula is C18H29N. The minimum atomic E-state index is 0.258. The van der Waals surface area contributed by atoms with E-state index in [4.69, 9.17) is 0 Å². The number of hydrogen-bond acceptors (Lipinski definition) is 1. The number of nitrogens with zero attached hydrogens (tertiary/aromatic N) is 1. The van der Waals surface area contributed by atoms with E-state index in [0.717, 1.165) is 18.4 Å². The largest absolute Gasteiger partial charge is 0.299 e. The molecule has 0 aliphatic carbocycles. The highest BCUT2D eigenvalue weighted by Gasteiger charge is 2.22. The quantitative estimate of drug-likeness (QED) is 0.758. The molecule has 0 bridgehead atoms. The Balaban J connectivity index is 1.97. The predicted molar refractivity (Wildman–Crippen MR) is 83.4 cm³/mol. The Morgan fingerprint density at radius 1 is 1.05 bits per heavy atom. The van der Waals surface area contributed by atoms with Crippen LogP contribution < -0.4 is 0 Å². The maximum Gasteiger partial charge on any atom is 0.0233 e. The van der Waals surface area contributed by atoms with Crippen LogP contribution in [0.2, 0.25) is 0 Å². The molecule has 0 amide bonds. The first-order valence-corrected chi connectivity index (χ1v) is 7.68. The summed E-state index contributed by atoms with van der Waals surface area (Å²) in [6, 6.07) is 9.21. The van der Waals surface area contributed by atoms with Crippen molar-refractivity contribution in [3.8, 4) is 0 Å². The highest BCUT2D eigenvalue weighted by Crippen LogP contribution is 2.25. The zero-order valence-electron chi connectivity index (χ0n) is 13.2. The molecule has 1 aliphatic heterocycles. The molecule has 1 nitrogen and oxygen atoms in total. The van der Waals surface area contributed by atoms with Gasteiger partial charge in [0.1, 0.15) is 0 Å². The molecule has 1 saturated heterocycles. The molecule has 0 radical (unpaired) electrons. The third-order valence-electron chi connectivity index (χ3n) is 4.64. The van der Waals surface area contributed by atoms with Crippen LogP contribution in [0.15, 0.2) is 24.3 Å². The lowest BCUT2D eigenvalue weighted by Gasteiger charge is -2.35. The van der Waals surface area contributed by atoms with Crippen LogP contribution >= 0.6 is 0 Å². The Morgan fingerprint density at radius 3 is 2.21 bits per heavy atom. The van der Waals surface area contributed by atoms with Gasteiger partial charge in [0.15, 0.2) is 0 Å². The lowest BCUT2D eigenvalue weighted by molar-refractivity contribution is 0.132. The van der Waals surface area contributed by atoms with Gasteiger partial charge < -0.3 is 0 Å². The summed E-state index contributed by atoms with van der Waals surface area (Å²) in [5.74, 6) is 1.72. The molecule has 1 heterocycles. The van der Waals surface area contributed by atoms with E-state index in [1.807, 2.05) is 0 Å². The minimum absolute atomic E-state index is 0.258. The van der Waals surface area contributed by atoms with Crippen molar-refractivity contribution >= 4 is 0 Å². The normalized spacial score (nSPS) is 25.5. The van der Waals surface area contributed by atoms with E-state index in [-0.39, 0.29) is 5.41 Å². The SMILES string of the molecule is C[C@@H]1CCN(Cc2ccc(C(C)(C)C)cc2)C[C@@H]1C. The Labute approximate surface area is 119 Å². The molecule has 1 aromatic rings. The summed E-state index contributed by atoms with van der Waals surface area (Å²) in [6.45, 7) is 15.2. The maximum atomic E-state index is 2.61. The van der Waals surface area contributed by atoms with E-state index in [2.05, 4.69) is 63.8 Å². The van der Waals surface area contributed by atoms with E-state index in [1.54, 1.807) is 0 Å². The summed E-state index contributed by atoms with van der Waals surface area (Å²) in [5.41, 5.74) is 3.14. The second-order valence-corrected chi connectivity index (χ2v) is 7.43. The highest BCUT2D eigenvalue weighted by atomic mass is 15.1. The van der Waals surface area contributed by atoms with Gasteiger partial charge in [0, 0.05) is 13.1 Å². The molecule has 0 aromatic heterocycles. The van der Waals surface area contributed by atoms with Crippen molar-refractivity contribution in [1.29, 1.82) is 0 Å². The van der Waals surface area contributed by atoms with Gasteiger partial charge in [0.2, 0.25) is 0 Å². The fourth-order valence-corrected chi connectivity index (χ4v) is 2.86. The second kappa shape index (κ2) is 5.66. The van der Waals surface area contributed by atoms with Gasteiger partial charge in [-0.1, -0.05) is 58.9 Å². The molecule has 19 heavy (non-hydrogen) atoms. The van der Waals surface area contributed by atoms with E-state index in [0.29, 0.717) is 0 Å². The van der Waals surface area contributed by atoms with Crippen LogP contribution in [-0.4, -0.2) is 18.0 Å². The van der Waals surface area contributed by atoms with Gasteiger partial charge >= 0.3 is 0 Å². The van der Waals surface area contributed by atoms with Gasteiger partial charge in [-0.05, 0) is 41.3 Å². The Bertz CT molecular complexity index is 399. The molecule has 0 N–H and O–H groups in total. The first-order chi connectivity index (χ1) is 8.86. The van der Waals surface area contributed by atoms with Crippen LogP contribution in [0.1, 0.15) is 52.2 Å². The van der Waals surface area contributed by atoms with E-state index >= 15 is 0 Å². The van der Waals surface area contributed by atoms with Crippen molar-refractivity contribution in [2.24, 2.45) is 11.8 Å². The van der Waals surface area contributed by atoms with Crippen LogP contribution in [0, 0.1) is 11.8 Å². The number of likely N-dealkylation sites (tertiary alicyclic amines) is 1. The fourth-order valence-electron chi connectivity index (χ4n) is 2.86. The standard InChI is InChI=1S/C18H29N/c1-14-10-11-19(12-15(14)2)13-16-6-8-17(9-7-16)18(3,4)5/h6-9,14-15H,10-13H2,1-5H3/t14-,15+/m1/s1. The zero-order chi connectivity index (χ0) is 14.0. The number of rotatable bonds is 2. The Kier molecular flexibility index (Phi) is 4.35. The molecule has 1 fully saturated rings. The van der Waals surface area contributed by atoms with E-state index in [1.165, 1.54) is 30.6 Å². The smallest absolute Gasteiger partial charge is 0.0233 e. The van der Waals surface area contributed by atoms with Crippen LogP contribution in [0.4, 0.5) is 0 Å². The summed E-state index contributed by atoms with van der Waals surface area (Å²) in [7, 11) is 0. The first kappa shape index (κ1) is 14.6. The molecular weight excluding hydrogens is 230 g/mol. The van der Waals surface area contributed by atoms with Crippen LogP contribution in [-0.2, 0) is 12.0 Å². The molecule has 1 aromatic carbocycles. The van der Waals surface area contributed by atoms with Crippen molar-refractivity contribution in [3.63, 3.8) is 0 Å². The van der Waals surface area contributed by atoms with Crippen LogP contribution in [0.25, 0.3) is 0 Å². The van der Waals surface area contributed by atoms with Crippen LogP contribution in [0.3, 0.4) is 0 Å². The van der Waals surface area contributed by atoms with Crippen molar-refractivity contribution in [2.75, 3.05) is 13.1 Å². The topological polar surface area (TPSA) is 3.24 Å². The molecule has 0 saturated carbocycles. The number of benzene rings is 1. The first-order valence-electron chi connectivity index (χ1n) is 7.68. The van der Waals surface area contributed by atoms with Crippen LogP contribution in [0.5, 0.6) is 0 Å². The van der Waals surface area contributed by atoms with Gasteiger partial charge in [0.05, 0.1) is 0 Å². The third-order valence-corrected chi connectivity index (χ3v) is 4.64. The lowest BCUT2D eigenvalue weighted by atomic mass is 9.86. The van der Waals surface area contributed by atoms with Gasteiger partial charge in [0.25, 0.3) is 0 Å². The average Bonchev–Trinajstić information content (AvgIpc) is 2.33. The summed E-state index contributed by atoms with van der Waals surface area (Å²) in [5, 5.41) is 0. The van der Waals surface area contributed by atoms with E-state index in [9.17, 15) is 0 Å². The molecule has 1 heteroatoms. The van der Waals surface area contributed by atoms with Crippen molar-refractivity contribution in [2.45, 2.75) is 53.0 Å². The van der Waals surface area contributed by atoms with E-state index < -0.39 is 0 Å². The Hall–Kier alpha value is -0.820. The minimum Gasteiger partial charge on any atom is -0.299 e. The summed E-state index contributed by atoms with van der Waals surface area (Å²) >= 11 is 0. The third kappa shape index (κ3) is 3.82. The van der Waals surface area contributed by atoms with Gasteiger partial charge in [-0.25, -0.2) is 0 Å². The number of hydrogen-bond donors (Lipinski definition) is 0. The molecule has 0 spiro atoms. The predicted octanol–water partition coefficient (Wildman–Crippen LogP) is 4.46. The zero-order valence-corrected chi connectivity index (χ0v) is 13.2. The number of piperidine rings is 1. The molecule has 106 valence electrons. The van der Waals surface area contributed by atoms with Crippen molar-refractivity contribution in [3.05, 3.63) is 35.4 Å². The summed E-state index contributed by atoms with van der Waals surface area (Å²) < 4.78 is 0. The highest BCUT2D eigenvalue weighted by molar-refractivity contribution is 5.27. The average molecular weight is 259 g/mol. The van der Waals surface area contributed by atoms with Crippen molar-refractivity contribution in [1.82, 2.24) is 4.90 Å². The lowest BCUT2D eigenvalue weighted by Crippen LogP contribution is -2.37. The fraction of sp³-hybridized carbons (Fsp3) is 0.667. The van der Waals surface area contributed by atoms with Gasteiger partial charge in [-0.15, -0.1) is 0 Å². The van der Waals surface area contributed by atoms with Crippen molar-refractivity contribution < 1.29 is 0 Å².